The van der Waals surface area contributed by atoms with Gasteiger partial charge in [0.1, 0.15) is 6.04 Å². The van der Waals surface area contributed by atoms with E-state index in [9.17, 15) is 14.4 Å². The normalized spacial score (nSPS) is 14.3. The van der Waals surface area contributed by atoms with Gasteiger partial charge in [-0.25, -0.2) is 0 Å². The van der Waals surface area contributed by atoms with Crippen molar-refractivity contribution in [1.82, 2.24) is 5.32 Å². The minimum Gasteiger partial charge on any atom is -0.370 e. The van der Waals surface area contributed by atoms with Gasteiger partial charge < -0.3 is 21.3 Å². The fourth-order valence-corrected chi connectivity index (χ4v) is 3.48. The second-order valence-corrected chi connectivity index (χ2v) is 7.90. The Hall–Kier alpha value is -2.87. The minimum atomic E-state index is -0.769. The van der Waals surface area contributed by atoms with Crippen LogP contribution in [0.25, 0.3) is 0 Å². The van der Waals surface area contributed by atoms with E-state index in [1.165, 1.54) is 0 Å². The summed E-state index contributed by atoms with van der Waals surface area (Å²) in [5.41, 5.74) is 7.52. The van der Waals surface area contributed by atoms with Gasteiger partial charge in [-0.15, -0.1) is 0 Å². The van der Waals surface area contributed by atoms with Gasteiger partial charge in [-0.2, -0.15) is 0 Å². The number of hydrogen-bond donors (Lipinski definition) is 3. The van der Waals surface area contributed by atoms with Crippen molar-refractivity contribution in [3.63, 3.8) is 0 Å². The molecule has 0 saturated carbocycles. The number of primary amides is 1. The average molecular weight is 459 g/mol. The molecule has 0 radical (unpaired) electrons. The molecule has 1 fully saturated rings. The molecule has 0 spiro atoms. The summed E-state index contributed by atoms with van der Waals surface area (Å²) in [7, 11) is 0. The molecule has 0 aliphatic carbocycles. The van der Waals surface area contributed by atoms with Crippen LogP contribution >= 0.6 is 15.9 Å². The minimum absolute atomic E-state index is 0.315. The summed E-state index contributed by atoms with van der Waals surface area (Å²) in [6.07, 6.45) is 2.15. The van der Waals surface area contributed by atoms with Crippen molar-refractivity contribution >= 4 is 45.0 Å². The van der Waals surface area contributed by atoms with Crippen LogP contribution in [0.4, 0.5) is 11.4 Å². The maximum Gasteiger partial charge on any atom is 0.251 e. The van der Waals surface area contributed by atoms with E-state index in [0.717, 1.165) is 36.1 Å². The smallest absolute Gasteiger partial charge is 0.251 e. The number of hydrogen-bond acceptors (Lipinski definition) is 4. The maximum absolute atomic E-state index is 12.7. The highest BCUT2D eigenvalue weighted by molar-refractivity contribution is 9.10. The standard InChI is InChI=1S/C21H23BrN4O3/c1-13(24-21(29)14-4-7-16(22)8-5-14)20(28)25-17-12-15(19(23)27)6-9-18(17)26-10-2-3-11-26/h4-9,12-13H,2-3,10-11H2,1H3,(H2,23,27)(H,24,29)(H,25,28). The molecule has 4 N–H and O–H groups in total. The Labute approximate surface area is 177 Å². The van der Waals surface area contributed by atoms with E-state index < -0.39 is 11.9 Å². The predicted molar refractivity (Wildman–Crippen MR) is 116 cm³/mol. The summed E-state index contributed by atoms with van der Waals surface area (Å²) in [6.45, 7) is 3.38. The van der Waals surface area contributed by atoms with E-state index in [2.05, 4.69) is 31.5 Å². The van der Waals surface area contributed by atoms with E-state index >= 15 is 0 Å². The summed E-state index contributed by atoms with van der Waals surface area (Å²) in [4.78, 5) is 38.8. The van der Waals surface area contributed by atoms with Gasteiger partial charge in [-0.1, -0.05) is 15.9 Å². The van der Waals surface area contributed by atoms with Crippen molar-refractivity contribution < 1.29 is 14.4 Å². The molecule has 2 aromatic rings. The Kier molecular flexibility index (Phi) is 6.53. The summed E-state index contributed by atoms with van der Waals surface area (Å²) >= 11 is 3.32. The number of benzene rings is 2. The lowest BCUT2D eigenvalue weighted by Gasteiger charge is -2.23. The Bertz CT molecular complexity index is 924. The molecule has 3 amide bonds. The van der Waals surface area contributed by atoms with Crippen LogP contribution in [0, 0.1) is 0 Å². The number of amides is 3. The molecule has 1 unspecified atom stereocenters. The van der Waals surface area contributed by atoms with Gasteiger partial charge in [0.25, 0.3) is 5.91 Å². The third-order valence-corrected chi connectivity index (χ3v) is 5.36. The second-order valence-electron chi connectivity index (χ2n) is 6.98. The highest BCUT2D eigenvalue weighted by atomic mass is 79.9. The molecule has 0 bridgehead atoms. The van der Waals surface area contributed by atoms with Crippen molar-refractivity contribution in [1.29, 1.82) is 0 Å². The van der Waals surface area contributed by atoms with E-state index in [-0.39, 0.29) is 11.8 Å². The van der Waals surface area contributed by atoms with Gasteiger partial charge >= 0.3 is 0 Å². The van der Waals surface area contributed by atoms with Crippen molar-refractivity contribution in [2.45, 2.75) is 25.8 Å². The summed E-state index contributed by atoms with van der Waals surface area (Å²) in [5, 5.41) is 5.53. The number of nitrogens with two attached hydrogens (primary N) is 1. The number of nitrogens with zero attached hydrogens (tertiary/aromatic N) is 1. The van der Waals surface area contributed by atoms with E-state index in [4.69, 9.17) is 5.73 Å². The lowest BCUT2D eigenvalue weighted by Crippen LogP contribution is -2.41. The third kappa shape index (κ3) is 5.14. The van der Waals surface area contributed by atoms with E-state index in [1.54, 1.807) is 49.4 Å². The Morgan fingerprint density at radius 3 is 2.28 bits per heavy atom. The first kappa shape index (κ1) is 20.9. The van der Waals surface area contributed by atoms with Crippen LogP contribution in [-0.4, -0.2) is 36.9 Å². The Balaban J connectivity index is 1.74. The maximum atomic E-state index is 12.7. The van der Waals surface area contributed by atoms with Crippen LogP contribution in [0.3, 0.4) is 0 Å². The molecule has 1 heterocycles. The largest absolute Gasteiger partial charge is 0.370 e. The van der Waals surface area contributed by atoms with E-state index in [1.807, 2.05) is 0 Å². The van der Waals surface area contributed by atoms with Gasteiger partial charge in [0.15, 0.2) is 0 Å². The topological polar surface area (TPSA) is 105 Å². The molecule has 0 aromatic heterocycles. The monoisotopic (exact) mass is 458 g/mol. The number of carbonyl (C=O) groups excluding carboxylic acids is 3. The quantitative estimate of drug-likeness (QED) is 0.618. The zero-order valence-electron chi connectivity index (χ0n) is 16.1. The molecule has 1 saturated heterocycles. The number of nitrogens with one attached hydrogen (secondary N) is 2. The molecule has 1 aliphatic rings. The molecule has 1 atom stereocenters. The Morgan fingerprint density at radius 2 is 1.66 bits per heavy atom. The number of anilines is 2. The highest BCUT2D eigenvalue weighted by Crippen LogP contribution is 2.30. The average Bonchev–Trinajstić information content (AvgIpc) is 3.22. The van der Waals surface area contributed by atoms with Crippen LogP contribution < -0.4 is 21.3 Å². The summed E-state index contributed by atoms with van der Waals surface area (Å²) in [6, 6.07) is 11.1. The zero-order valence-corrected chi connectivity index (χ0v) is 17.7. The summed E-state index contributed by atoms with van der Waals surface area (Å²) in [5.74, 6) is -1.28. The fraction of sp³-hybridized carbons (Fsp3) is 0.286. The third-order valence-electron chi connectivity index (χ3n) is 4.83. The predicted octanol–water partition coefficient (Wildman–Crippen LogP) is 2.91. The van der Waals surface area contributed by atoms with Crippen LogP contribution in [0.1, 0.15) is 40.5 Å². The molecule has 7 nitrogen and oxygen atoms in total. The van der Waals surface area contributed by atoms with Crippen molar-refractivity contribution in [3.05, 3.63) is 58.1 Å². The van der Waals surface area contributed by atoms with E-state index in [0.29, 0.717) is 16.8 Å². The highest BCUT2D eigenvalue weighted by Gasteiger charge is 2.21. The van der Waals surface area contributed by atoms with Crippen molar-refractivity contribution in [2.75, 3.05) is 23.3 Å². The van der Waals surface area contributed by atoms with Gasteiger partial charge in [0, 0.05) is 28.7 Å². The van der Waals surface area contributed by atoms with Crippen molar-refractivity contribution in [3.8, 4) is 0 Å². The molecule has 3 rings (SSSR count). The zero-order chi connectivity index (χ0) is 21.0. The van der Waals surface area contributed by atoms with Crippen LogP contribution in [0.2, 0.25) is 0 Å². The molecular formula is C21H23BrN4O3. The second kappa shape index (κ2) is 9.09. The molecule has 152 valence electrons. The Morgan fingerprint density at radius 1 is 1.03 bits per heavy atom. The molecule has 1 aliphatic heterocycles. The van der Waals surface area contributed by atoms with Gasteiger partial charge in [-0.3, -0.25) is 14.4 Å². The number of carbonyl (C=O) groups is 3. The molecule has 8 heteroatoms. The van der Waals surface area contributed by atoms with Gasteiger partial charge in [-0.05, 0) is 62.2 Å². The number of rotatable bonds is 6. The van der Waals surface area contributed by atoms with Crippen molar-refractivity contribution in [2.24, 2.45) is 5.73 Å². The first-order valence-electron chi connectivity index (χ1n) is 9.41. The van der Waals surface area contributed by atoms with Crippen LogP contribution in [0.5, 0.6) is 0 Å². The fourth-order valence-electron chi connectivity index (χ4n) is 3.21. The first-order valence-corrected chi connectivity index (χ1v) is 10.2. The molecule has 2 aromatic carbocycles. The first-order chi connectivity index (χ1) is 13.8. The van der Waals surface area contributed by atoms with Crippen LogP contribution in [0.15, 0.2) is 46.9 Å². The molecule has 29 heavy (non-hydrogen) atoms. The number of halogens is 1. The lowest BCUT2D eigenvalue weighted by molar-refractivity contribution is -0.117. The SMILES string of the molecule is CC(NC(=O)c1ccc(Br)cc1)C(=O)Nc1cc(C(N)=O)ccc1N1CCCC1. The van der Waals surface area contributed by atoms with Crippen LogP contribution in [-0.2, 0) is 4.79 Å². The molecular weight excluding hydrogens is 436 g/mol. The lowest BCUT2D eigenvalue weighted by atomic mass is 10.1. The van der Waals surface area contributed by atoms with Gasteiger partial charge in [0.05, 0.1) is 11.4 Å². The van der Waals surface area contributed by atoms with Gasteiger partial charge in [0.2, 0.25) is 11.8 Å². The summed E-state index contributed by atoms with van der Waals surface area (Å²) < 4.78 is 0.864.